The van der Waals surface area contributed by atoms with Crippen LogP contribution in [0, 0.1) is 13.8 Å². The molecule has 0 amide bonds. The Morgan fingerprint density at radius 2 is 1.49 bits per heavy atom. The minimum absolute atomic E-state index is 0.285. The molecule has 4 aromatic rings. The summed E-state index contributed by atoms with van der Waals surface area (Å²) >= 11 is 0. The fourth-order valence-corrected chi connectivity index (χ4v) is 6.70. The third-order valence-electron chi connectivity index (χ3n) is 8.52. The molecule has 1 fully saturated rings. The van der Waals surface area contributed by atoms with Crippen LogP contribution in [0.25, 0.3) is 22.4 Å². The molecule has 0 radical (unpaired) electrons. The van der Waals surface area contributed by atoms with Crippen molar-refractivity contribution in [1.82, 2.24) is 0 Å². The van der Waals surface area contributed by atoms with E-state index in [2.05, 4.69) is 31.2 Å². The lowest BCUT2D eigenvalue weighted by atomic mass is 9.57. The Morgan fingerprint density at radius 3 is 2.23 bits per heavy atom. The average molecular weight is 465 g/mol. The van der Waals surface area contributed by atoms with Gasteiger partial charge in [-0.2, -0.15) is 0 Å². The number of benzene rings is 3. The molecule has 3 aromatic carbocycles. The topological polar surface area (TPSA) is 3.88 Å². The molecular formula is C34H36N+. The van der Waals surface area contributed by atoms with Crippen LogP contribution < -0.4 is 4.57 Å². The largest absolute Gasteiger partial charge is 0.213 e. The monoisotopic (exact) mass is 464 g/mol. The molecule has 1 nitrogen and oxygen atoms in total. The molecule has 0 bridgehead atoms. The number of hydrogen-bond acceptors (Lipinski definition) is 0. The van der Waals surface area contributed by atoms with Crippen LogP contribution in [0.4, 0.5) is 0 Å². The fraction of sp³-hybridized carbons (Fsp3) is 0.324. The predicted molar refractivity (Wildman–Crippen MR) is 146 cm³/mol. The van der Waals surface area contributed by atoms with Crippen LogP contribution in [0.1, 0.15) is 81.1 Å². The number of aryl methyl sites for hydroxylation is 3. The van der Waals surface area contributed by atoms with Crippen LogP contribution >= 0.6 is 0 Å². The molecule has 0 N–H and O–H groups in total. The highest BCUT2D eigenvalue weighted by Gasteiger charge is 2.47. The van der Waals surface area contributed by atoms with Crippen molar-refractivity contribution in [1.29, 1.82) is 0 Å². The van der Waals surface area contributed by atoms with Gasteiger partial charge in [0.05, 0.1) is 0 Å². The summed E-state index contributed by atoms with van der Waals surface area (Å²) < 4.78 is 53.2. The zero-order valence-electron chi connectivity index (χ0n) is 26.8. The van der Waals surface area contributed by atoms with E-state index in [1.165, 1.54) is 0 Å². The number of pyridine rings is 1. The maximum atomic E-state index is 8.70. The van der Waals surface area contributed by atoms with E-state index in [0.29, 0.717) is 5.56 Å². The molecule has 2 aliphatic rings. The first kappa shape index (κ1) is 16.5. The molecule has 1 spiro atoms. The van der Waals surface area contributed by atoms with E-state index < -0.39 is 19.1 Å². The van der Waals surface area contributed by atoms with Crippen LogP contribution in [0.5, 0.6) is 0 Å². The van der Waals surface area contributed by atoms with Gasteiger partial charge in [-0.05, 0) is 77.7 Å². The molecule has 176 valence electrons. The van der Waals surface area contributed by atoms with Crippen LogP contribution in [0.15, 0.2) is 79.0 Å². The van der Waals surface area contributed by atoms with E-state index in [1.807, 2.05) is 67.1 Å². The Morgan fingerprint density at radius 1 is 0.771 bits per heavy atom. The van der Waals surface area contributed by atoms with E-state index in [0.717, 1.165) is 70.3 Å². The molecule has 0 saturated heterocycles. The molecule has 1 heterocycles. The summed E-state index contributed by atoms with van der Waals surface area (Å²) in [5.74, 6) is 0. The molecule has 2 aliphatic carbocycles. The zero-order valence-corrected chi connectivity index (χ0v) is 20.8. The van der Waals surface area contributed by atoms with Crippen LogP contribution in [0.3, 0.4) is 0 Å². The Labute approximate surface area is 218 Å². The van der Waals surface area contributed by atoms with Gasteiger partial charge in [0, 0.05) is 36.2 Å². The van der Waals surface area contributed by atoms with Gasteiger partial charge in [-0.1, -0.05) is 81.2 Å². The van der Waals surface area contributed by atoms with Gasteiger partial charge in [0.1, 0.15) is 7.05 Å². The van der Waals surface area contributed by atoms with Gasteiger partial charge in [0.2, 0.25) is 5.69 Å². The molecule has 6 rings (SSSR count). The molecule has 1 atom stereocenters. The minimum Gasteiger partial charge on any atom is -0.201 e. The zero-order chi connectivity index (χ0) is 29.4. The molecule has 1 unspecified atom stereocenters. The number of fused-ring (bicyclic) bond motifs is 4. The fourth-order valence-electron chi connectivity index (χ4n) is 6.70. The van der Waals surface area contributed by atoms with Crippen molar-refractivity contribution in [3.05, 3.63) is 112 Å². The van der Waals surface area contributed by atoms with Gasteiger partial charge >= 0.3 is 0 Å². The molecule has 1 aromatic heterocycles. The Bertz CT molecular complexity index is 1660. The second-order valence-electron chi connectivity index (χ2n) is 10.6. The predicted octanol–water partition coefficient (Wildman–Crippen LogP) is 7.96. The molecule has 0 aliphatic heterocycles. The first-order valence-corrected chi connectivity index (χ1v) is 12.6. The van der Waals surface area contributed by atoms with E-state index in [9.17, 15) is 0 Å². The van der Waals surface area contributed by atoms with E-state index in [1.54, 1.807) is 6.20 Å². The summed E-state index contributed by atoms with van der Waals surface area (Å²) in [6, 6.07) is 24.2. The number of nitrogens with zero attached hydrogens (tertiary/aromatic N) is 1. The molecule has 1 saturated carbocycles. The first-order chi connectivity index (χ1) is 19.3. The Hall–Kier alpha value is -3.19. The molecule has 35 heavy (non-hydrogen) atoms. The van der Waals surface area contributed by atoms with E-state index >= 15 is 0 Å². The average Bonchev–Trinajstić information content (AvgIpc) is 3.42. The first-order valence-electron chi connectivity index (χ1n) is 15.6. The third-order valence-corrected chi connectivity index (χ3v) is 8.52. The lowest BCUT2D eigenvalue weighted by Gasteiger charge is -2.46. The van der Waals surface area contributed by atoms with Crippen molar-refractivity contribution in [2.45, 2.75) is 64.1 Å². The highest BCUT2D eigenvalue weighted by Crippen LogP contribution is 2.57. The van der Waals surface area contributed by atoms with Crippen molar-refractivity contribution in [3.63, 3.8) is 0 Å². The quantitative estimate of drug-likeness (QED) is 0.265. The summed E-state index contributed by atoms with van der Waals surface area (Å²) in [6.07, 6.45) is 5.77. The Balaban J connectivity index is 1.66. The Kier molecular flexibility index (Phi) is 3.73. The maximum absolute atomic E-state index is 8.70. The summed E-state index contributed by atoms with van der Waals surface area (Å²) in [5.41, 5.74) is 7.23. The van der Waals surface area contributed by atoms with Gasteiger partial charge in [-0.15, -0.1) is 0 Å². The number of rotatable bonds is 2. The lowest BCUT2D eigenvalue weighted by Crippen LogP contribution is -2.38. The standard InChI is InChI=1S/C34H36N/c1-23-12-6-7-13-26(23)32-21-27(24(2)22-35(32)5)25-16-17-29-31(20-25)34(18-10-11-19-34)30-15-9-8-14-28(30)33(29,3)4/h6-9,12-17,20-22H,10-11,18-19H2,1-5H3/q+1/i2D3,3D3. The minimum atomic E-state index is -2.32. The van der Waals surface area contributed by atoms with E-state index in [4.69, 9.17) is 8.22 Å². The summed E-state index contributed by atoms with van der Waals surface area (Å²) in [6.45, 7) is -0.672. The van der Waals surface area contributed by atoms with Gasteiger partial charge in [0.15, 0.2) is 6.20 Å². The van der Waals surface area contributed by atoms with Crippen LogP contribution in [-0.2, 0) is 17.9 Å². The number of aromatic nitrogens is 1. The van der Waals surface area contributed by atoms with Crippen molar-refractivity contribution < 1.29 is 12.8 Å². The van der Waals surface area contributed by atoms with Gasteiger partial charge < -0.3 is 0 Å². The smallest absolute Gasteiger partial charge is 0.201 e. The van der Waals surface area contributed by atoms with Gasteiger partial charge in [-0.25, -0.2) is 4.57 Å². The van der Waals surface area contributed by atoms with Crippen LogP contribution in [-0.4, -0.2) is 0 Å². The van der Waals surface area contributed by atoms with E-state index in [-0.39, 0.29) is 11.0 Å². The second kappa shape index (κ2) is 7.92. The van der Waals surface area contributed by atoms with Gasteiger partial charge in [-0.3, -0.25) is 0 Å². The molecule has 1 heteroatoms. The van der Waals surface area contributed by atoms with Crippen molar-refractivity contribution in [2.75, 3.05) is 0 Å². The van der Waals surface area contributed by atoms with Crippen molar-refractivity contribution in [2.24, 2.45) is 7.05 Å². The summed E-state index contributed by atoms with van der Waals surface area (Å²) in [5, 5.41) is 0. The summed E-state index contributed by atoms with van der Waals surface area (Å²) in [4.78, 5) is 0. The van der Waals surface area contributed by atoms with Crippen molar-refractivity contribution in [3.8, 4) is 22.4 Å². The van der Waals surface area contributed by atoms with Crippen molar-refractivity contribution >= 4 is 0 Å². The SMILES string of the molecule is [2H]C([2H])([2H])c1c[n+](C)c(-c2ccccc2C)cc1-c1ccc2c(c1)C1(CCCC1)c1ccccc1C2(C)C([2H])([2H])[2H]. The highest BCUT2D eigenvalue weighted by atomic mass is 14.9. The molecular weight excluding hydrogens is 422 g/mol. The highest BCUT2D eigenvalue weighted by molar-refractivity contribution is 5.75. The lowest BCUT2D eigenvalue weighted by molar-refractivity contribution is -0.660. The van der Waals surface area contributed by atoms with Gasteiger partial charge in [0.25, 0.3) is 0 Å². The second-order valence-corrected chi connectivity index (χ2v) is 10.6. The number of hydrogen-bond donors (Lipinski definition) is 0. The third kappa shape index (κ3) is 3.24. The van der Waals surface area contributed by atoms with Crippen LogP contribution in [0.2, 0.25) is 0 Å². The summed E-state index contributed by atoms with van der Waals surface area (Å²) in [7, 11) is 1.89. The normalized spacial score (nSPS) is 23.3. The maximum Gasteiger partial charge on any atom is 0.213 e.